The van der Waals surface area contributed by atoms with Gasteiger partial charge in [-0.05, 0) is 60.6 Å². The van der Waals surface area contributed by atoms with Gasteiger partial charge in [0.05, 0.1) is 0 Å². The Morgan fingerprint density at radius 1 is 0.808 bits per heavy atom. The van der Waals surface area contributed by atoms with Crippen LogP contribution in [0.5, 0.6) is 0 Å². The summed E-state index contributed by atoms with van der Waals surface area (Å²) in [7, 11) is 0. The molecular weight excluding hydrogens is 333 g/mol. The molecule has 0 spiro atoms. The van der Waals surface area contributed by atoms with E-state index in [1.54, 1.807) is 0 Å². The third-order valence-corrected chi connectivity index (χ3v) is 6.83. The molecule has 1 aromatic carbocycles. The molecule has 146 valence electrons. The highest BCUT2D eigenvalue weighted by atomic mass is 19.2. The SMILES string of the molecule is CCCCCC1CCC(CCC2CCc3c(cc(F)c(F)c3F)C2)CC1. The summed E-state index contributed by atoms with van der Waals surface area (Å²) in [5, 5.41) is 0. The number of rotatable bonds is 7. The first-order chi connectivity index (χ1) is 12.6. The van der Waals surface area contributed by atoms with E-state index in [-0.39, 0.29) is 0 Å². The van der Waals surface area contributed by atoms with Gasteiger partial charge in [0.25, 0.3) is 0 Å². The van der Waals surface area contributed by atoms with E-state index in [1.165, 1.54) is 63.9 Å². The van der Waals surface area contributed by atoms with Crippen LogP contribution in [0.4, 0.5) is 13.2 Å². The predicted molar refractivity (Wildman–Crippen MR) is 101 cm³/mol. The van der Waals surface area contributed by atoms with Gasteiger partial charge in [0.2, 0.25) is 0 Å². The molecule has 0 aliphatic heterocycles. The number of hydrogen-bond donors (Lipinski definition) is 0. The Labute approximate surface area is 156 Å². The number of hydrogen-bond acceptors (Lipinski definition) is 0. The summed E-state index contributed by atoms with van der Waals surface area (Å²) in [6.45, 7) is 2.26. The Kier molecular flexibility index (Phi) is 7.05. The Morgan fingerprint density at radius 3 is 2.15 bits per heavy atom. The molecule has 2 aliphatic carbocycles. The molecule has 0 saturated heterocycles. The lowest BCUT2D eigenvalue weighted by molar-refractivity contribution is 0.233. The molecule has 0 nitrogen and oxygen atoms in total. The number of unbranched alkanes of at least 4 members (excludes halogenated alkanes) is 2. The lowest BCUT2D eigenvalue weighted by atomic mass is 9.75. The second kappa shape index (κ2) is 9.28. The van der Waals surface area contributed by atoms with Crippen LogP contribution in [0.2, 0.25) is 0 Å². The van der Waals surface area contributed by atoms with Crippen molar-refractivity contribution < 1.29 is 13.2 Å². The van der Waals surface area contributed by atoms with E-state index in [4.69, 9.17) is 0 Å². The van der Waals surface area contributed by atoms with Gasteiger partial charge in [0.1, 0.15) is 0 Å². The molecule has 0 amide bonds. The van der Waals surface area contributed by atoms with Crippen LogP contribution in [0.3, 0.4) is 0 Å². The van der Waals surface area contributed by atoms with E-state index in [0.29, 0.717) is 29.9 Å². The third-order valence-electron chi connectivity index (χ3n) is 6.83. The summed E-state index contributed by atoms with van der Waals surface area (Å²) in [6.07, 6.45) is 15.5. The fraction of sp³-hybridized carbons (Fsp3) is 0.739. The molecule has 1 unspecified atom stereocenters. The van der Waals surface area contributed by atoms with Crippen LogP contribution in [0.1, 0.15) is 88.7 Å². The van der Waals surface area contributed by atoms with Crippen LogP contribution < -0.4 is 0 Å². The van der Waals surface area contributed by atoms with Gasteiger partial charge in [0, 0.05) is 0 Å². The summed E-state index contributed by atoms with van der Waals surface area (Å²) < 4.78 is 40.8. The van der Waals surface area contributed by atoms with Crippen molar-refractivity contribution in [3.05, 3.63) is 34.6 Å². The summed E-state index contributed by atoms with van der Waals surface area (Å²) in [6, 6.07) is 1.22. The largest absolute Gasteiger partial charge is 0.204 e. The van der Waals surface area contributed by atoms with E-state index < -0.39 is 17.5 Å². The van der Waals surface area contributed by atoms with Gasteiger partial charge in [0.15, 0.2) is 17.5 Å². The van der Waals surface area contributed by atoms with Crippen molar-refractivity contribution in [2.75, 3.05) is 0 Å². The fourth-order valence-electron chi connectivity index (χ4n) is 5.11. The summed E-state index contributed by atoms with van der Waals surface area (Å²) in [5.74, 6) is -1.03. The highest BCUT2D eigenvalue weighted by molar-refractivity contribution is 5.33. The number of fused-ring (bicyclic) bond motifs is 1. The normalized spacial score (nSPS) is 25.9. The quantitative estimate of drug-likeness (QED) is 0.349. The molecule has 0 radical (unpaired) electrons. The molecule has 3 heteroatoms. The van der Waals surface area contributed by atoms with E-state index in [1.807, 2.05) is 0 Å². The molecule has 1 aromatic rings. The van der Waals surface area contributed by atoms with Gasteiger partial charge < -0.3 is 0 Å². The molecular formula is C23H33F3. The van der Waals surface area contributed by atoms with E-state index in [0.717, 1.165) is 24.7 Å². The topological polar surface area (TPSA) is 0 Å². The summed E-state index contributed by atoms with van der Waals surface area (Å²) >= 11 is 0. The maximum absolute atomic E-state index is 13.9. The molecule has 0 N–H and O–H groups in total. The summed E-state index contributed by atoms with van der Waals surface area (Å²) in [4.78, 5) is 0. The maximum atomic E-state index is 13.9. The molecule has 1 saturated carbocycles. The minimum atomic E-state index is -1.31. The smallest absolute Gasteiger partial charge is 0.194 e. The van der Waals surface area contributed by atoms with Gasteiger partial charge >= 0.3 is 0 Å². The zero-order valence-corrected chi connectivity index (χ0v) is 16.1. The lowest BCUT2D eigenvalue weighted by Gasteiger charge is -2.31. The molecule has 0 aromatic heterocycles. The van der Waals surface area contributed by atoms with Gasteiger partial charge in [-0.15, -0.1) is 0 Å². The second-order valence-corrected chi connectivity index (χ2v) is 8.69. The van der Waals surface area contributed by atoms with Crippen LogP contribution in [0.15, 0.2) is 6.07 Å². The van der Waals surface area contributed by atoms with E-state index in [9.17, 15) is 13.2 Å². The van der Waals surface area contributed by atoms with Crippen LogP contribution in [-0.2, 0) is 12.8 Å². The van der Waals surface area contributed by atoms with E-state index >= 15 is 0 Å². The van der Waals surface area contributed by atoms with Gasteiger partial charge in [-0.3, -0.25) is 0 Å². The third kappa shape index (κ3) is 4.84. The number of benzene rings is 1. The second-order valence-electron chi connectivity index (χ2n) is 8.69. The van der Waals surface area contributed by atoms with E-state index in [2.05, 4.69) is 6.92 Å². The zero-order chi connectivity index (χ0) is 18.5. The summed E-state index contributed by atoms with van der Waals surface area (Å²) in [5.41, 5.74) is 1.10. The highest BCUT2D eigenvalue weighted by Gasteiger charge is 2.27. The first-order valence-corrected chi connectivity index (χ1v) is 10.7. The first kappa shape index (κ1) is 19.8. The minimum Gasteiger partial charge on any atom is -0.204 e. The average molecular weight is 367 g/mol. The first-order valence-electron chi connectivity index (χ1n) is 10.7. The Morgan fingerprint density at radius 2 is 1.46 bits per heavy atom. The van der Waals surface area contributed by atoms with Crippen molar-refractivity contribution in [2.45, 2.75) is 90.4 Å². The molecule has 2 aliphatic rings. The Hall–Kier alpha value is -0.990. The molecule has 0 bridgehead atoms. The van der Waals surface area contributed by atoms with Crippen LogP contribution >= 0.6 is 0 Å². The van der Waals surface area contributed by atoms with Crippen molar-refractivity contribution in [2.24, 2.45) is 17.8 Å². The zero-order valence-electron chi connectivity index (χ0n) is 16.1. The molecule has 26 heavy (non-hydrogen) atoms. The van der Waals surface area contributed by atoms with Crippen molar-refractivity contribution in [1.82, 2.24) is 0 Å². The monoisotopic (exact) mass is 366 g/mol. The van der Waals surface area contributed by atoms with Crippen LogP contribution in [0, 0.1) is 35.2 Å². The van der Waals surface area contributed by atoms with Gasteiger partial charge in [-0.1, -0.05) is 64.7 Å². The van der Waals surface area contributed by atoms with Crippen molar-refractivity contribution >= 4 is 0 Å². The number of halogens is 3. The Balaban J connectivity index is 1.43. The molecule has 1 fully saturated rings. The Bertz CT molecular complexity index is 588. The standard InChI is InChI=1S/C23H33F3/c1-2-3-4-5-16-6-8-17(9-7-16)10-11-18-12-13-20-19(14-18)15-21(24)23(26)22(20)25/h15-18H,2-14H2,1H3. The maximum Gasteiger partial charge on any atom is 0.194 e. The molecule has 0 heterocycles. The van der Waals surface area contributed by atoms with Crippen molar-refractivity contribution in [3.8, 4) is 0 Å². The molecule has 1 atom stereocenters. The highest BCUT2D eigenvalue weighted by Crippen LogP contribution is 2.37. The average Bonchev–Trinajstić information content (AvgIpc) is 2.65. The van der Waals surface area contributed by atoms with Gasteiger partial charge in [-0.2, -0.15) is 0 Å². The van der Waals surface area contributed by atoms with Gasteiger partial charge in [-0.25, -0.2) is 13.2 Å². The molecule has 3 rings (SSSR count). The van der Waals surface area contributed by atoms with Crippen LogP contribution in [0.25, 0.3) is 0 Å². The van der Waals surface area contributed by atoms with Crippen molar-refractivity contribution in [1.29, 1.82) is 0 Å². The minimum absolute atomic E-state index is 0.410. The lowest BCUT2D eigenvalue weighted by Crippen LogP contribution is -2.20. The predicted octanol–water partition coefficient (Wildman–Crippen LogP) is 7.38. The fourth-order valence-corrected chi connectivity index (χ4v) is 5.11. The van der Waals surface area contributed by atoms with Crippen LogP contribution in [-0.4, -0.2) is 0 Å². The van der Waals surface area contributed by atoms with Crippen molar-refractivity contribution in [3.63, 3.8) is 0 Å².